The second-order valence-electron chi connectivity index (χ2n) is 5.51. The highest BCUT2D eigenvalue weighted by molar-refractivity contribution is 6.30. The number of piperidine rings is 1. The Labute approximate surface area is 125 Å². The van der Waals surface area contributed by atoms with Gasteiger partial charge in [0.05, 0.1) is 12.1 Å². The fourth-order valence-electron chi connectivity index (χ4n) is 3.05. The fraction of sp³-hybridized carbons (Fsp3) is 0.533. The van der Waals surface area contributed by atoms with E-state index in [9.17, 15) is 4.79 Å². The molecular weight excluding hydrogens is 274 g/mol. The number of carbonyl (C=O) groups is 1. The molecular formula is C15H22ClN3O. The minimum absolute atomic E-state index is 0.00920. The number of hydrogen-bond acceptors (Lipinski definition) is 3. The van der Waals surface area contributed by atoms with E-state index in [0.717, 1.165) is 31.4 Å². The van der Waals surface area contributed by atoms with Gasteiger partial charge in [0.15, 0.2) is 0 Å². The highest BCUT2D eigenvalue weighted by Gasteiger charge is 2.34. The van der Waals surface area contributed by atoms with Gasteiger partial charge in [-0.05, 0) is 44.0 Å². The molecule has 5 heteroatoms. The molecule has 0 spiro atoms. The summed E-state index contributed by atoms with van der Waals surface area (Å²) < 4.78 is 0. The molecule has 3 atom stereocenters. The van der Waals surface area contributed by atoms with Gasteiger partial charge in [0.2, 0.25) is 5.91 Å². The summed E-state index contributed by atoms with van der Waals surface area (Å²) in [6.07, 6.45) is 2.92. The predicted molar refractivity (Wildman–Crippen MR) is 81.4 cm³/mol. The third-order valence-corrected chi connectivity index (χ3v) is 4.19. The van der Waals surface area contributed by atoms with Crippen LogP contribution in [0.5, 0.6) is 0 Å². The zero-order valence-corrected chi connectivity index (χ0v) is 12.5. The molecule has 1 aliphatic rings. The lowest BCUT2D eigenvalue weighted by atomic mass is 9.92. The molecule has 1 aromatic carbocycles. The topological polar surface area (TPSA) is 72.3 Å². The molecule has 1 heterocycles. The molecule has 1 aliphatic heterocycles. The number of nitrogens with zero attached hydrogens (tertiary/aromatic N) is 1. The Morgan fingerprint density at radius 3 is 2.55 bits per heavy atom. The van der Waals surface area contributed by atoms with Gasteiger partial charge < -0.3 is 11.5 Å². The quantitative estimate of drug-likeness (QED) is 0.893. The molecule has 0 aliphatic carbocycles. The number of hydrogen-bond donors (Lipinski definition) is 2. The van der Waals surface area contributed by atoms with Crippen molar-refractivity contribution in [1.82, 2.24) is 4.90 Å². The van der Waals surface area contributed by atoms with E-state index < -0.39 is 0 Å². The highest BCUT2D eigenvalue weighted by atomic mass is 35.5. The van der Waals surface area contributed by atoms with E-state index >= 15 is 0 Å². The van der Waals surface area contributed by atoms with Crippen LogP contribution in [0, 0.1) is 0 Å². The number of halogens is 1. The molecule has 4 N–H and O–H groups in total. The van der Waals surface area contributed by atoms with Gasteiger partial charge in [0.25, 0.3) is 0 Å². The van der Waals surface area contributed by atoms with Crippen molar-refractivity contribution in [2.75, 3.05) is 6.54 Å². The first-order valence-electron chi connectivity index (χ1n) is 7.07. The van der Waals surface area contributed by atoms with Crippen LogP contribution < -0.4 is 11.5 Å². The predicted octanol–water partition coefficient (Wildman–Crippen LogP) is 2.07. The molecule has 0 aromatic heterocycles. The number of carbonyl (C=O) groups excluding carboxylic acids is 1. The Bertz CT molecular complexity index is 461. The maximum Gasteiger partial charge on any atom is 0.234 e. The standard InChI is InChI=1S/C15H22ClN3O/c1-10(17)14(11-5-7-12(16)8-6-11)19-9-3-2-4-13(19)15(18)20/h5-8,10,13-14H,2-4,9,17H2,1H3,(H2,18,20). The van der Waals surface area contributed by atoms with E-state index in [0.29, 0.717) is 5.02 Å². The summed E-state index contributed by atoms with van der Waals surface area (Å²) in [6.45, 7) is 2.81. The maximum absolute atomic E-state index is 11.7. The van der Waals surface area contributed by atoms with Crippen LogP contribution in [0.2, 0.25) is 5.02 Å². The first-order valence-corrected chi connectivity index (χ1v) is 7.44. The van der Waals surface area contributed by atoms with E-state index in [1.807, 2.05) is 31.2 Å². The van der Waals surface area contributed by atoms with E-state index in [-0.39, 0.29) is 24.0 Å². The van der Waals surface area contributed by atoms with Crippen molar-refractivity contribution in [3.63, 3.8) is 0 Å². The average Bonchev–Trinajstić information content (AvgIpc) is 2.41. The van der Waals surface area contributed by atoms with Gasteiger partial charge in [-0.3, -0.25) is 9.69 Å². The smallest absolute Gasteiger partial charge is 0.234 e. The molecule has 0 saturated carbocycles. The molecule has 1 fully saturated rings. The SMILES string of the molecule is CC(N)C(c1ccc(Cl)cc1)N1CCCCC1C(N)=O. The van der Waals surface area contributed by atoms with Crippen LogP contribution in [0.1, 0.15) is 37.8 Å². The Hall–Kier alpha value is -1.10. The molecule has 1 aromatic rings. The third kappa shape index (κ3) is 3.32. The average molecular weight is 296 g/mol. The van der Waals surface area contributed by atoms with Crippen LogP contribution in [0.4, 0.5) is 0 Å². The summed E-state index contributed by atoms with van der Waals surface area (Å²) in [5.41, 5.74) is 12.8. The third-order valence-electron chi connectivity index (χ3n) is 3.94. The lowest BCUT2D eigenvalue weighted by Crippen LogP contribution is -2.52. The normalized spacial score (nSPS) is 23.2. The second kappa shape index (κ2) is 6.57. The van der Waals surface area contributed by atoms with Crippen LogP contribution in [0.25, 0.3) is 0 Å². The van der Waals surface area contributed by atoms with Crippen LogP contribution >= 0.6 is 11.6 Å². The number of primary amides is 1. The highest BCUT2D eigenvalue weighted by Crippen LogP contribution is 2.31. The lowest BCUT2D eigenvalue weighted by Gasteiger charge is -2.41. The molecule has 0 bridgehead atoms. The van der Waals surface area contributed by atoms with Crippen LogP contribution in [0.3, 0.4) is 0 Å². The molecule has 20 heavy (non-hydrogen) atoms. The van der Waals surface area contributed by atoms with Crippen LogP contribution in [-0.2, 0) is 4.79 Å². The number of benzene rings is 1. The van der Waals surface area contributed by atoms with E-state index in [2.05, 4.69) is 4.90 Å². The minimum Gasteiger partial charge on any atom is -0.368 e. The zero-order valence-electron chi connectivity index (χ0n) is 11.8. The summed E-state index contributed by atoms with van der Waals surface area (Å²) >= 11 is 5.94. The van der Waals surface area contributed by atoms with Gasteiger partial charge >= 0.3 is 0 Å². The summed E-state index contributed by atoms with van der Waals surface area (Å²) in [5.74, 6) is -0.260. The maximum atomic E-state index is 11.7. The number of likely N-dealkylation sites (tertiary alicyclic amines) is 1. The van der Waals surface area contributed by atoms with E-state index in [4.69, 9.17) is 23.1 Å². The monoisotopic (exact) mass is 295 g/mol. The fourth-order valence-corrected chi connectivity index (χ4v) is 3.18. The summed E-state index contributed by atoms with van der Waals surface area (Å²) in [5, 5.41) is 0.697. The number of rotatable bonds is 4. The molecule has 1 amide bonds. The van der Waals surface area contributed by atoms with Crippen LogP contribution in [-0.4, -0.2) is 29.4 Å². The molecule has 110 valence electrons. The molecule has 2 rings (SSSR count). The number of amides is 1. The van der Waals surface area contributed by atoms with Crippen molar-refractivity contribution in [2.24, 2.45) is 11.5 Å². The second-order valence-corrected chi connectivity index (χ2v) is 5.94. The van der Waals surface area contributed by atoms with Gasteiger partial charge in [0.1, 0.15) is 0 Å². The Morgan fingerprint density at radius 1 is 1.35 bits per heavy atom. The summed E-state index contributed by atoms with van der Waals surface area (Å²) in [6, 6.07) is 7.34. The van der Waals surface area contributed by atoms with Crippen molar-refractivity contribution >= 4 is 17.5 Å². The minimum atomic E-state index is -0.260. The van der Waals surface area contributed by atoms with E-state index in [1.165, 1.54) is 0 Å². The Kier molecular flexibility index (Phi) is 5.02. The summed E-state index contributed by atoms with van der Waals surface area (Å²) in [4.78, 5) is 13.8. The molecule has 0 radical (unpaired) electrons. The van der Waals surface area contributed by atoms with Crippen molar-refractivity contribution < 1.29 is 4.79 Å². The van der Waals surface area contributed by atoms with Gasteiger partial charge in [-0.25, -0.2) is 0 Å². The van der Waals surface area contributed by atoms with Crippen molar-refractivity contribution in [3.8, 4) is 0 Å². The largest absolute Gasteiger partial charge is 0.368 e. The van der Waals surface area contributed by atoms with Crippen molar-refractivity contribution in [2.45, 2.75) is 44.3 Å². The van der Waals surface area contributed by atoms with Gasteiger partial charge in [0, 0.05) is 11.1 Å². The van der Waals surface area contributed by atoms with Crippen LogP contribution in [0.15, 0.2) is 24.3 Å². The van der Waals surface area contributed by atoms with E-state index in [1.54, 1.807) is 0 Å². The first kappa shape index (κ1) is 15.3. The van der Waals surface area contributed by atoms with Gasteiger partial charge in [-0.2, -0.15) is 0 Å². The van der Waals surface area contributed by atoms with Crippen molar-refractivity contribution in [3.05, 3.63) is 34.9 Å². The Balaban J connectivity index is 2.31. The number of nitrogens with two attached hydrogens (primary N) is 2. The van der Waals surface area contributed by atoms with Gasteiger partial charge in [-0.1, -0.05) is 30.2 Å². The van der Waals surface area contributed by atoms with Gasteiger partial charge in [-0.15, -0.1) is 0 Å². The molecule has 3 unspecified atom stereocenters. The summed E-state index contributed by atoms with van der Waals surface area (Å²) in [7, 11) is 0. The Morgan fingerprint density at radius 2 is 2.00 bits per heavy atom. The zero-order chi connectivity index (χ0) is 14.7. The lowest BCUT2D eigenvalue weighted by molar-refractivity contribution is -0.125. The first-order chi connectivity index (χ1) is 9.50. The molecule has 4 nitrogen and oxygen atoms in total. The molecule has 1 saturated heterocycles. The van der Waals surface area contributed by atoms with Crippen molar-refractivity contribution in [1.29, 1.82) is 0 Å².